The number of nitrogens with zero attached hydrogens (tertiary/aromatic N) is 2. The van der Waals surface area contributed by atoms with Crippen molar-refractivity contribution < 1.29 is 168 Å². The van der Waals surface area contributed by atoms with Crippen LogP contribution in [0.25, 0.3) is 0 Å². The number of carbonyl (C=O) groups excluding carboxylic acids is 2. The summed E-state index contributed by atoms with van der Waals surface area (Å²) in [5.41, 5.74) is 0. The Morgan fingerprint density at radius 1 is 0.250 bits per heavy atom. The van der Waals surface area contributed by atoms with Crippen molar-refractivity contribution in [3.63, 3.8) is 0 Å². The number of alkyl halides is 34. The van der Waals surface area contributed by atoms with E-state index >= 15 is 0 Å². The van der Waals surface area contributed by atoms with Gasteiger partial charge < -0.3 is 30.2 Å². The molecule has 42 heteroatoms. The number of likely N-dealkylation sites (N-methyl/N-ethyl adjacent to an activating group) is 2. The average Bonchev–Trinajstić information content (AvgIpc) is 3.30. The summed E-state index contributed by atoms with van der Waals surface area (Å²) in [6, 6.07) is -2.96. The minimum absolute atomic E-state index is 0.0911. The first-order valence-electron chi connectivity index (χ1n) is 24.0. The Morgan fingerprint density at radius 2 is 0.429 bits per heavy atom. The van der Waals surface area contributed by atoms with Crippen LogP contribution in [0.1, 0.15) is 77.0 Å². The van der Waals surface area contributed by atoms with Crippen LogP contribution in [0.3, 0.4) is 0 Å². The lowest BCUT2D eigenvalue weighted by atomic mass is 9.88. The number of rotatable bonds is 37. The lowest BCUT2D eigenvalue weighted by Crippen LogP contribution is -2.74. The molecule has 0 aliphatic heterocycles. The van der Waals surface area contributed by atoms with Crippen LogP contribution in [0.5, 0.6) is 0 Å². The Kier molecular flexibility index (Phi) is 25.6. The molecule has 0 fully saturated rings. The second-order valence-corrected chi connectivity index (χ2v) is 20.5. The lowest BCUT2D eigenvalue weighted by molar-refractivity contribution is -0.889. The minimum atomic E-state index is -8.76. The largest absolute Gasteiger partial charge is 0.460 e. The highest BCUT2D eigenvalue weighted by Crippen LogP contribution is 2.66. The Morgan fingerprint density at radius 3 is 0.643 bits per heavy atom. The van der Waals surface area contributed by atoms with Crippen molar-refractivity contribution in [2.75, 3.05) is 80.5 Å². The van der Waals surface area contributed by atoms with Gasteiger partial charge in [-0.25, -0.2) is 9.59 Å². The van der Waals surface area contributed by atoms with E-state index < -0.39 is 133 Å². The quantitative estimate of drug-likeness (QED) is 0.0284. The maximum absolute atomic E-state index is 14.1. The van der Waals surface area contributed by atoms with Crippen molar-refractivity contribution in [3.05, 3.63) is 0 Å². The summed E-state index contributed by atoms with van der Waals surface area (Å²) in [7, 11) is 6.63. The van der Waals surface area contributed by atoms with Crippen LogP contribution in [0.2, 0.25) is 0 Å². The molecule has 0 rings (SSSR count). The highest BCUT2D eigenvalue weighted by Gasteiger charge is 2.97. The molecular formula is C42H56F34N6O2+2. The van der Waals surface area contributed by atoms with E-state index in [0.717, 1.165) is 38.5 Å². The van der Waals surface area contributed by atoms with E-state index in [1.165, 1.54) is 10.6 Å². The van der Waals surface area contributed by atoms with Crippen molar-refractivity contribution in [2.24, 2.45) is 0 Å². The first-order valence-corrected chi connectivity index (χ1v) is 24.0. The number of quaternary nitrogens is 2. The molecule has 0 spiro atoms. The van der Waals surface area contributed by atoms with E-state index in [2.05, 4.69) is 0 Å². The molecule has 0 aromatic carbocycles. The molecule has 8 nitrogen and oxygen atoms in total. The van der Waals surface area contributed by atoms with E-state index in [4.69, 9.17) is 0 Å². The molecule has 84 heavy (non-hydrogen) atoms. The van der Waals surface area contributed by atoms with Crippen LogP contribution in [-0.2, 0) is 0 Å². The number of hydrogen-bond acceptors (Lipinski definition) is 2. The zero-order valence-electron chi connectivity index (χ0n) is 43.7. The SMILES string of the molecule is C[N+](C)(CCCCCCCCCCCC[N+](C)(C)CCNC(=O)NCCC(F)(F)C(F)(F)C(F)(F)C(F)(F)C(F)(F)C(F)(F)C(F)(F)C(F)(F)F)CCNC(=O)NCCC(F)(F)C(F)(F)C(F)(F)C(F)(F)C(F)(F)C(F)(F)C(F)(F)C(F)(F)F. The molecule has 0 aliphatic carbocycles. The fraction of sp³-hybridized carbons (Fsp3) is 0.952. The van der Waals surface area contributed by atoms with Crippen LogP contribution in [0, 0.1) is 0 Å². The number of hydrogen-bond donors (Lipinski definition) is 4. The maximum Gasteiger partial charge on any atom is 0.460 e. The first-order chi connectivity index (χ1) is 36.9. The van der Waals surface area contributed by atoms with Crippen LogP contribution in [0.4, 0.5) is 159 Å². The molecule has 4 amide bonds. The Bertz CT molecular complexity index is 1950. The van der Waals surface area contributed by atoms with Crippen molar-refractivity contribution in [2.45, 2.75) is 172 Å². The van der Waals surface area contributed by atoms with E-state index in [9.17, 15) is 159 Å². The summed E-state index contributed by atoms with van der Waals surface area (Å²) in [5.74, 6) is -115. The van der Waals surface area contributed by atoms with Crippen molar-refractivity contribution in [1.29, 1.82) is 0 Å². The third-order valence-electron chi connectivity index (χ3n) is 12.8. The molecule has 0 bridgehead atoms. The molecule has 0 aromatic rings. The third-order valence-corrected chi connectivity index (χ3v) is 12.8. The smallest absolute Gasteiger partial charge is 0.338 e. The molecule has 4 N–H and O–H groups in total. The van der Waals surface area contributed by atoms with Crippen LogP contribution in [-0.4, -0.2) is 197 Å². The van der Waals surface area contributed by atoms with Crippen LogP contribution < -0.4 is 21.3 Å². The number of nitrogens with one attached hydrogen (secondary N) is 4. The van der Waals surface area contributed by atoms with Gasteiger partial charge in [0.2, 0.25) is 0 Å². The Balaban J connectivity index is 4.71. The van der Waals surface area contributed by atoms with E-state index in [0.29, 0.717) is 38.8 Å². The molecule has 0 heterocycles. The molecule has 502 valence electrons. The number of unbranched alkanes of at least 4 members (excludes halogenated alkanes) is 9. The summed E-state index contributed by atoms with van der Waals surface area (Å²) >= 11 is 0. The molecule has 0 saturated heterocycles. The van der Waals surface area contributed by atoms with Gasteiger partial charge in [0.25, 0.3) is 0 Å². The second-order valence-electron chi connectivity index (χ2n) is 20.5. The Labute approximate surface area is 454 Å². The number of halogens is 34. The summed E-state index contributed by atoms with van der Waals surface area (Å²) in [6.45, 7) is -3.16. The fourth-order valence-electron chi connectivity index (χ4n) is 7.16. The molecule has 0 aromatic heterocycles. The standard InChI is InChI=1S/C42H54F34N6O2/c1-81(2,23-19-79-25(83)77-17-15-27(43,44)29(47,48)31(51,52)33(55,56)35(59,60)37(63,64)39(67,68)41(71,72)73)21-13-11-9-7-5-6-8-10-12-14-22-82(3,4)24-20-80-26(84)78-18-16-28(45,46)30(49,50)32(53,54)34(57,58)36(61,62)38(65,66)40(69,70)42(74,75)76/h5-24H2,1-4H3,(H2-2,77,78,79,80,83,84)/p+2. The molecular weight excluding hydrogens is 1270 g/mol. The van der Waals surface area contributed by atoms with Crippen molar-refractivity contribution in [1.82, 2.24) is 21.3 Å². The zero-order chi connectivity index (χ0) is 67.1. The maximum atomic E-state index is 14.1. The summed E-state index contributed by atoms with van der Waals surface area (Å²) in [5, 5.41) is 6.84. The average molecular weight is 1320 g/mol. The fourth-order valence-corrected chi connectivity index (χ4v) is 7.16. The summed E-state index contributed by atoms with van der Waals surface area (Å²) in [6.07, 6.45) is -14.0. The number of urea groups is 2. The van der Waals surface area contributed by atoms with Crippen LogP contribution >= 0.6 is 0 Å². The van der Waals surface area contributed by atoms with Gasteiger partial charge in [0.1, 0.15) is 0 Å². The van der Waals surface area contributed by atoms with Gasteiger partial charge in [-0.1, -0.05) is 38.5 Å². The first kappa shape index (κ1) is 80.1. The zero-order valence-corrected chi connectivity index (χ0v) is 43.7. The van der Waals surface area contributed by atoms with Crippen molar-refractivity contribution >= 4 is 12.1 Å². The van der Waals surface area contributed by atoms with Gasteiger partial charge in [-0.2, -0.15) is 149 Å². The van der Waals surface area contributed by atoms with Gasteiger partial charge in [0.05, 0.1) is 67.5 Å². The van der Waals surface area contributed by atoms with Gasteiger partial charge in [-0.05, 0) is 25.7 Å². The third kappa shape index (κ3) is 16.6. The molecule has 0 unspecified atom stereocenters. The van der Waals surface area contributed by atoms with E-state index in [-0.39, 0.29) is 35.1 Å². The van der Waals surface area contributed by atoms with Gasteiger partial charge in [0.15, 0.2) is 0 Å². The monoisotopic (exact) mass is 1320 g/mol. The number of carbonyl (C=O) groups is 2. The normalized spacial score (nSPS) is 15.4. The highest BCUT2D eigenvalue weighted by molar-refractivity contribution is 5.74. The molecule has 0 saturated carbocycles. The lowest BCUT2D eigenvalue weighted by Gasteiger charge is -2.42. The second kappa shape index (κ2) is 26.8. The molecule has 0 aliphatic rings. The Hall–Kier alpha value is -3.92. The predicted molar refractivity (Wildman–Crippen MR) is 223 cm³/mol. The van der Waals surface area contributed by atoms with Gasteiger partial charge in [0, 0.05) is 25.9 Å². The number of amides is 4. The molecule has 0 radical (unpaired) electrons. The van der Waals surface area contributed by atoms with Gasteiger partial charge in [-0.15, -0.1) is 0 Å². The van der Waals surface area contributed by atoms with Gasteiger partial charge in [-0.3, -0.25) is 0 Å². The van der Waals surface area contributed by atoms with E-state index in [1.54, 1.807) is 28.2 Å². The van der Waals surface area contributed by atoms with Crippen LogP contribution in [0.15, 0.2) is 0 Å². The molecule has 0 atom stereocenters. The topological polar surface area (TPSA) is 82.3 Å². The predicted octanol–water partition coefficient (Wildman–Crippen LogP) is 14.4. The highest BCUT2D eigenvalue weighted by atomic mass is 19.4. The van der Waals surface area contributed by atoms with E-state index in [1.807, 2.05) is 10.6 Å². The summed E-state index contributed by atoms with van der Waals surface area (Å²) < 4.78 is 458. The minimum Gasteiger partial charge on any atom is -0.338 e. The van der Waals surface area contributed by atoms with Gasteiger partial charge >= 0.3 is 107 Å². The summed E-state index contributed by atoms with van der Waals surface area (Å²) in [4.78, 5) is 23.9. The van der Waals surface area contributed by atoms with Crippen molar-refractivity contribution in [3.8, 4) is 0 Å².